The molecule has 7 heteroatoms. The van der Waals surface area contributed by atoms with Crippen LogP contribution < -0.4 is 5.32 Å². The summed E-state index contributed by atoms with van der Waals surface area (Å²) in [6.07, 6.45) is 1.07. The highest BCUT2D eigenvalue weighted by Crippen LogP contribution is 2.30. The Kier molecular flexibility index (Phi) is 3.34. The molecule has 0 aliphatic rings. The molecule has 0 saturated heterocycles. The van der Waals surface area contributed by atoms with E-state index >= 15 is 0 Å². The van der Waals surface area contributed by atoms with Crippen molar-refractivity contribution < 1.29 is 13.9 Å². The number of aromatic amines is 1. The monoisotopic (exact) mass is 289 g/mol. The zero-order chi connectivity index (χ0) is 13.9. The molecule has 0 spiro atoms. The molecular formula is C13H11N3O3S. The van der Waals surface area contributed by atoms with E-state index in [2.05, 4.69) is 20.0 Å². The number of hydrogen-bond acceptors (Lipinski definition) is 5. The molecule has 1 amide bonds. The first-order valence-electron chi connectivity index (χ1n) is 5.81. The fourth-order valence-electron chi connectivity index (χ4n) is 1.69. The van der Waals surface area contributed by atoms with E-state index in [-0.39, 0.29) is 0 Å². The van der Waals surface area contributed by atoms with E-state index in [1.54, 1.807) is 6.26 Å². The first-order valence-corrected chi connectivity index (χ1v) is 6.62. The first-order chi connectivity index (χ1) is 9.74. The van der Waals surface area contributed by atoms with Crippen LogP contribution in [0.2, 0.25) is 0 Å². The molecule has 6 nitrogen and oxygen atoms in total. The van der Waals surface area contributed by atoms with Crippen molar-refractivity contribution in [3.8, 4) is 0 Å². The molecule has 3 aromatic rings. The van der Waals surface area contributed by atoms with Gasteiger partial charge in [0.1, 0.15) is 0 Å². The topological polar surface area (TPSA) is 80.2 Å². The number of furan rings is 1. The maximum absolute atomic E-state index is 11.1. The van der Waals surface area contributed by atoms with Crippen LogP contribution in [0, 0.1) is 0 Å². The van der Waals surface area contributed by atoms with Crippen molar-refractivity contribution in [2.45, 2.75) is 9.99 Å². The number of hydrogen-bond donors (Lipinski definition) is 2. The molecule has 0 fully saturated rings. The van der Waals surface area contributed by atoms with Crippen molar-refractivity contribution in [3.05, 3.63) is 36.6 Å². The summed E-state index contributed by atoms with van der Waals surface area (Å²) >= 11 is 1.50. The van der Waals surface area contributed by atoms with Gasteiger partial charge in [-0.05, 0) is 30.3 Å². The van der Waals surface area contributed by atoms with Crippen LogP contribution in [0.4, 0.5) is 10.7 Å². The van der Waals surface area contributed by atoms with Crippen molar-refractivity contribution >= 4 is 34.8 Å². The van der Waals surface area contributed by atoms with Crippen LogP contribution in [-0.2, 0) is 4.74 Å². The van der Waals surface area contributed by atoms with Crippen molar-refractivity contribution in [2.24, 2.45) is 0 Å². The number of nitrogens with zero attached hydrogens (tertiary/aromatic N) is 1. The number of anilines is 1. The second kappa shape index (κ2) is 5.30. The van der Waals surface area contributed by atoms with Gasteiger partial charge in [-0.2, -0.15) is 0 Å². The van der Waals surface area contributed by atoms with E-state index in [1.807, 2.05) is 30.3 Å². The summed E-state index contributed by atoms with van der Waals surface area (Å²) in [7, 11) is 1.30. The Bertz CT molecular complexity index is 736. The normalized spacial score (nSPS) is 10.7. The summed E-state index contributed by atoms with van der Waals surface area (Å²) < 4.78 is 9.80. The highest BCUT2D eigenvalue weighted by molar-refractivity contribution is 7.99. The predicted octanol–water partition coefficient (Wildman–Crippen LogP) is 3.49. The van der Waals surface area contributed by atoms with Crippen LogP contribution in [0.1, 0.15) is 0 Å². The summed E-state index contributed by atoms with van der Waals surface area (Å²) in [5, 5.41) is 3.31. The summed E-state index contributed by atoms with van der Waals surface area (Å²) in [6, 6.07) is 9.50. The smallest absolute Gasteiger partial charge is 0.413 e. The van der Waals surface area contributed by atoms with E-state index in [1.165, 1.54) is 18.9 Å². The van der Waals surface area contributed by atoms with Crippen molar-refractivity contribution in [1.82, 2.24) is 9.97 Å². The number of carbonyl (C=O) groups is 1. The average Bonchev–Trinajstić information content (AvgIpc) is 3.07. The molecule has 102 valence electrons. The Hall–Kier alpha value is -2.41. The second-order valence-electron chi connectivity index (χ2n) is 3.92. The van der Waals surface area contributed by atoms with Gasteiger partial charge in [-0.1, -0.05) is 11.8 Å². The lowest BCUT2D eigenvalue weighted by atomic mass is 10.3. The molecule has 2 aromatic heterocycles. The zero-order valence-electron chi connectivity index (χ0n) is 10.5. The number of aromatic nitrogens is 2. The molecule has 1 aromatic carbocycles. The van der Waals surface area contributed by atoms with Crippen molar-refractivity contribution in [2.75, 3.05) is 12.4 Å². The number of nitrogens with one attached hydrogen (secondary N) is 2. The van der Waals surface area contributed by atoms with Gasteiger partial charge in [0.25, 0.3) is 0 Å². The van der Waals surface area contributed by atoms with Crippen molar-refractivity contribution in [1.29, 1.82) is 0 Å². The standard InChI is InChI=1S/C13H11N3O3S/c1-18-13(17)16-12-14-9-5-4-8(7-10(9)15-12)20-11-3-2-6-19-11/h2-7H,1H3,(H2,14,15,16,17). The maximum atomic E-state index is 11.1. The van der Waals surface area contributed by atoms with E-state index in [9.17, 15) is 4.79 Å². The highest BCUT2D eigenvalue weighted by atomic mass is 32.2. The molecule has 0 saturated carbocycles. The third-order valence-corrected chi connectivity index (χ3v) is 3.50. The fraction of sp³-hybridized carbons (Fsp3) is 0.0769. The molecule has 0 aliphatic heterocycles. The van der Waals surface area contributed by atoms with E-state index < -0.39 is 6.09 Å². The van der Waals surface area contributed by atoms with E-state index in [0.29, 0.717) is 5.95 Å². The number of benzene rings is 1. The van der Waals surface area contributed by atoms with Gasteiger partial charge in [-0.15, -0.1) is 0 Å². The van der Waals surface area contributed by atoms with Crippen LogP contribution in [-0.4, -0.2) is 23.2 Å². The lowest BCUT2D eigenvalue weighted by Gasteiger charge is -1.96. The number of amides is 1. The number of fused-ring (bicyclic) bond motifs is 1. The average molecular weight is 289 g/mol. The number of imidazole rings is 1. The maximum Gasteiger partial charge on any atom is 0.413 e. The third kappa shape index (κ3) is 2.62. The third-order valence-electron chi connectivity index (χ3n) is 2.57. The molecule has 0 atom stereocenters. The van der Waals surface area contributed by atoms with E-state index in [4.69, 9.17) is 4.42 Å². The number of ether oxygens (including phenoxy) is 1. The van der Waals surface area contributed by atoms with Gasteiger partial charge >= 0.3 is 6.09 Å². The molecule has 3 rings (SSSR count). The molecule has 2 N–H and O–H groups in total. The van der Waals surface area contributed by atoms with Gasteiger partial charge in [-0.3, -0.25) is 5.32 Å². The van der Waals surface area contributed by atoms with Crippen LogP contribution in [0.5, 0.6) is 0 Å². The van der Waals surface area contributed by atoms with Crippen LogP contribution in [0.15, 0.2) is 51.0 Å². The summed E-state index contributed by atoms with van der Waals surface area (Å²) in [4.78, 5) is 19.4. The molecule has 0 radical (unpaired) electrons. The molecule has 0 bridgehead atoms. The Labute approximate surface area is 118 Å². The zero-order valence-corrected chi connectivity index (χ0v) is 11.4. The minimum absolute atomic E-state index is 0.354. The number of carbonyl (C=O) groups excluding carboxylic acids is 1. The lowest BCUT2D eigenvalue weighted by Crippen LogP contribution is -2.11. The summed E-state index contributed by atoms with van der Waals surface area (Å²) in [5.74, 6) is 0.354. The minimum atomic E-state index is -0.561. The summed E-state index contributed by atoms with van der Waals surface area (Å²) in [6.45, 7) is 0. The van der Waals surface area contributed by atoms with Gasteiger partial charge < -0.3 is 14.1 Å². The Morgan fingerprint density at radius 2 is 2.35 bits per heavy atom. The van der Waals surface area contributed by atoms with E-state index in [0.717, 1.165) is 21.0 Å². The van der Waals surface area contributed by atoms with Crippen LogP contribution in [0.3, 0.4) is 0 Å². The number of H-pyrrole nitrogens is 1. The Morgan fingerprint density at radius 3 is 3.10 bits per heavy atom. The second-order valence-corrected chi connectivity index (χ2v) is 4.99. The predicted molar refractivity (Wildman–Crippen MR) is 75.0 cm³/mol. The molecular weight excluding hydrogens is 278 g/mol. The molecule has 20 heavy (non-hydrogen) atoms. The SMILES string of the molecule is COC(=O)Nc1nc2cc(Sc3ccco3)ccc2[nH]1. The van der Waals surface area contributed by atoms with Crippen LogP contribution >= 0.6 is 11.8 Å². The molecule has 2 heterocycles. The minimum Gasteiger partial charge on any atom is -0.458 e. The molecule has 0 aliphatic carbocycles. The molecule has 0 unspecified atom stereocenters. The Morgan fingerprint density at radius 1 is 1.45 bits per heavy atom. The largest absolute Gasteiger partial charge is 0.458 e. The number of methoxy groups -OCH3 is 1. The van der Waals surface area contributed by atoms with Gasteiger partial charge in [-0.25, -0.2) is 9.78 Å². The van der Waals surface area contributed by atoms with Gasteiger partial charge in [0, 0.05) is 4.90 Å². The Balaban J connectivity index is 1.85. The quantitative estimate of drug-likeness (QED) is 0.771. The number of rotatable bonds is 3. The van der Waals surface area contributed by atoms with Gasteiger partial charge in [0.2, 0.25) is 5.95 Å². The van der Waals surface area contributed by atoms with Crippen molar-refractivity contribution in [3.63, 3.8) is 0 Å². The van der Waals surface area contributed by atoms with Gasteiger partial charge in [0.05, 0.1) is 24.4 Å². The van der Waals surface area contributed by atoms with Crippen LogP contribution in [0.25, 0.3) is 11.0 Å². The summed E-state index contributed by atoms with van der Waals surface area (Å²) in [5.41, 5.74) is 1.59. The first kappa shape index (κ1) is 12.6. The highest BCUT2D eigenvalue weighted by Gasteiger charge is 2.08. The van der Waals surface area contributed by atoms with Gasteiger partial charge in [0.15, 0.2) is 5.09 Å². The lowest BCUT2D eigenvalue weighted by molar-refractivity contribution is 0.186. The fourth-order valence-corrected chi connectivity index (χ4v) is 2.48.